The van der Waals surface area contributed by atoms with Gasteiger partial charge in [-0.1, -0.05) is 48.5 Å². The molecule has 27 heavy (non-hydrogen) atoms. The Balaban J connectivity index is 1.59. The average molecular weight is 362 g/mol. The second kappa shape index (κ2) is 8.64. The number of carbonyl (C=O) groups is 1. The number of benzene rings is 2. The van der Waals surface area contributed by atoms with E-state index in [4.69, 9.17) is 0 Å². The molecule has 1 atom stereocenters. The molecule has 3 rings (SSSR count). The van der Waals surface area contributed by atoms with Crippen LogP contribution < -0.4 is 0 Å². The van der Waals surface area contributed by atoms with E-state index in [1.165, 1.54) is 0 Å². The van der Waals surface area contributed by atoms with Gasteiger partial charge in [0.2, 0.25) is 5.91 Å². The number of aromatic nitrogens is 2. The lowest BCUT2D eigenvalue weighted by molar-refractivity contribution is -0.135. The molecule has 0 aliphatic carbocycles. The molecule has 0 saturated heterocycles. The largest absolute Gasteiger partial charge is 0.340 e. The maximum Gasteiger partial charge on any atom is 0.239 e. The van der Waals surface area contributed by atoms with Gasteiger partial charge in [0.1, 0.15) is 0 Å². The van der Waals surface area contributed by atoms with E-state index in [-0.39, 0.29) is 11.9 Å². The molecule has 0 spiro atoms. The Morgan fingerprint density at radius 3 is 2.26 bits per heavy atom. The summed E-state index contributed by atoms with van der Waals surface area (Å²) in [5, 5.41) is 4.43. The van der Waals surface area contributed by atoms with Gasteiger partial charge in [0, 0.05) is 31.9 Å². The summed E-state index contributed by atoms with van der Waals surface area (Å²) in [4.78, 5) is 16.6. The van der Waals surface area contributed by atoms with Crippen LogP contribution in [0.25, 0.3) is 5.69 Å². The topological polar surface area (TPSA) is 41.4 Å². The number of hydrogen-bond donors (Lipinski definition) is 0. The zero-order valence-corrected chi connectivity index (χ0v) is 16.1. The zero-order chi connectivity index (χ0) is 19.2. The molecule has 1 amide bonds. The van der Waals surface area contributed by atoms with Crippen molar-refractivity contribution in [1.82, 2.24) is 19.6 Å². The Hall–Kier alpha value is -2.92. The highest BCUT2D eigenvalue weighted by Gasteiger charge is 2.22. The Kier molecular flexibility index (Phi) is 6.04. The zero-order valence-electron chi connectivity index (χ0n) is 16.1. The van der Waals surface area contributed by atoms with Gasteiger partial charge < -0.3 is 4.90 Å². The van der Waals surface area contributed by atoms with Crippen LogP contribution in [0.15, 0.2) is 73.1 Å². The van der Waals surface area contributed by atoms with Gasteiger partial charge in [0.25, 0.3) is 0 Å². The summed E-state index contributed by atoms with van der Waals surface area (Å²) in [6, 6.07) is 19.8. The number of hydrogen-bond acceptors (Lipinski definition) is 3. The molecule has 0 bridgehead atoms. The van der Waals surface area contributed by atoms with E-state index >= 15 is 0 Å². The third kappa shape index (κ3) is 4.83. The lowest BCUT2D eigenvalue weighted by Crippen LogP contribution is -2.43. The van der Waals surface area contributed by atoms with Crippen molar-refractivity contribution in [2.24, 2.45) is 0 Å². The Morgan fingerprint density at radius 2 is 1.59 bits per heavy atom. The minimum absolute atomic E-state index is 0.108. The van der Waals surface area contributed by atoms with Gasteiger partial charge in [-0.25, -0.2) is 4.68 Å². The van der Waals surface area contributed by atoms with E-state index in [1.807, 2.05) is 98.8 Å². The van der Waals surface area contributed by atoms with Crippen molar-refractivity contribution >= 4 is 5.91 Å². The molecule has 0 fully saturated rings. The second-order valence-corrected chi connectivity index (χ2v) is 6.90. The minimum atomic E-state index is -0.209. The van der Waals surface area contributed by atoms with Crippen LogP contribution in [0.2, 0.25) is 0 Å². The van der Waals surface area contributed by atoms with Crippen molar-refractivity contribution < 1.29 is 4.79 Å². The summed E-state index contributed by atoms with van der Waals surface area (Å²) in [6.07, 6.45) is 3.87. The number of nitrogens with zero attached hydrogens (tertiary/aromatic N) is 4. The minimum Gasteiger partial charge on any atom is -0.340 e. The third-order valence-corrected chi connectivity index (χ3v) is 4.75. The molecular formula is C22H26N4O. The van der Waals surface area contributed by atoms with Gasteiger partial charge in [-0.2, -0.15) is 5.10 Å². The fourth-order valence-electron chi connectivity index (χ4n) is 3.03. The molecule has 0 N–H and O–H groups in total. The monoisotopic (exact) mass is 362 g/mol. The van der Waals surface area contributed by atoms with Crippen molar-refractivity contribution in [3.05, 3.63) is 84.2 Å². The van der Waals surface area contributed by atoms with E-state index in [1.54, 1.807) is 4.90 Å². The molecule has 5 nitrogen and oxygen atoms in total. The van der Waals surface area contributed by atoms with E-state index in [9.17, 15) is 4.79 Å². The summed E-state index contributed by atoms with van der Waals surface area (Å²) in [5.41, 5.74) is 3.23. The molecule has 1 heterocycles. The van der Waals surface area contributed by atoms with Crippen molar-refractivity contribution in [1.29, 1.82) is 0 Å². The number of rotatable bonds is 7. The summed E-state index contributed by atoms with van der Waals surface area (Å²) in [6.45, 7) is 3.23. The predicted octanol–water partition coefficient (Wildman–Crippen LogP) is 3.35. The van der Waals surface area contributed by atoms with Gasteiger partial charge >= 0.3 is 0 Å². The van der Waals surface area contributed by atoms with Crippen LogP contribution in [-0.2, 0) is 17.9 Å². The van der Waals surface area contributed by atoms with Gasteiger partial charge in [0.15, 0.2) is 0 Å². The first-order valence-corrected chi connectivity index (χ1v) is 9.12. The number of amides is 1. The maximum absolute atomic E-state index is 12.8. The van der Waals surface area contributed by atoms with Gasteiger partial charge in [-0.15, -0.1) is 0 Å². The van der Waals surface area contributed by atoms with E-state index in [0.717, 1.165) is 16.8 Å². The SMILES string of the molecule is CC(C(=O)N(C)Cc1ccccc1)N(C)Cc1cnn(-c2ccccc2)c1. The van der Waals surface area contributed by atoms with Gasteiger partial charge in [-0.3, -0.25) is 9.69 Å². The first-order valence-electron chi connectivity index (χ1n) is 9.12. The standard InChI is InChI=1S/C22H26N4O/c1-18(22(27)25(3)15-19-10-6-4-7-11-19)24(2)16-20-14-23-26(17-20)21-12-8-5-9-13-21/h4-14,17-18H,15-16H2,1-3H3. The van der Waals surface area contributed by atoms with Crippen LogP contribution in [0.3, 0.4) is 0 Å². The number of para-hydroxylation sites is 1. The molecule has 3 aromatic rings. The van der Waals surface area contributed by atoms with Crippen LogP contribution in [-0.4, -0.2) is 45.6 Å². The molecule has 0 aliphatic heterocycles. The van der Waals surface area contributed by atoms with Crippen LogP contribution >= 0.6 is 0 Å². The van der Waals surface area contributed by atoms with Gasteiger partial charge in [0.05, 0.1) is 17.9 Å². The van der Waals surface area contributed by atoms with Crippen LogP contribution in [0, 0.1) is 0 Å². The highest BCUT2D eigenvalue weighted by atomic mass is 16.2. The molecule has 140 valence electrons. The number of carbonyl (C=O) groups excluding carboxylic acids is 1. The van der Waals surface area contributed by atoms with Crippen LogP contribution in [0.1, 0.15) is 18.1 Å². The summed E-state index contributed by atoms with van der Waals surface area (Å²) < 4.78 is 1.86. The first-order chi connectivity index (χ1) is 13.0. The van der Waals surface area contributed by atoms with Gasteiger partial charge in [-0.05, 0) is 31.7 Å². The smallest absolute Gasteiger partial charge is 0.239 e. The Morgan fingerprint density at radius 1 is 0.963 bits per heavy atom. The molecule has 1 aromatic heterocycles. The van der Waals surface area contributed by atoms with Crippen molar-refractivity contribution in [3.63, 3.8) is 0 Å². The summed E-state index contributed by atoms with van der Waals surface area (Å²) in [7, 11) is 3.83. The third-order valence-electron chi connectivity index (χ3n) is 4.75. The predicted molar refractivity (Wildman–Crippen MR) is 107 cm³/mol. The van der Waals surface area contributed by atoms with E-state index in [2.05, 4.69) is 10.00 Å². The molecule has 0 saturated carbocycles. The normalized spacial score (nSPS) is 12.1. The Labute approximate surface area is 160 Å². The molecule has 0 aliphatic rings. The van der Waals surface area contributed by atoms with E-state index < -0.39 is 0 Å². The highest BCUT2D eigenvalue weighted by molar-refractivity contribution is 5.81. The van der Waals surface area contributed by atoms with E-state index in [0.29, 0.717) is 13.1 Å². The molecule has 5 heteroatoms. The lowest BCUT2D eigenvalue weighted by atomic mass is 10.2. The number of likely N-dealkylation sites (N-methyl/N-ethyl adjacent to an activating group) is 2. The lowest BCUT2D eigenvalue weighted by Gasteiger charge is -2.28. The quantitative estimate of drug-likeness (QED) is 0.647. The summed E-state index contributed by atoms with van der Waals surface area (Å²) >= 11 is 0. The van der Waals surface area contributed by atoms with Crippen molar-refractivity contribution in [2.45, 2.75) is 26.1 Å². The maximum atomic E-state index is 12.8. The van der Waals surface area contributed by atoms with Crippen LogP contribution in [0.5, 0.6) is 0 Å². The fraction of sp³-hybridized carbons (Fsp3) is 0.273. The fourth-order valence-corrected chi connectivity index (χ4v) is 3.03. The molecule has 2 aromatic carbocycles. The van der Waals surface area contributed by atoms with Crippen molar-refractivity contribution in [2.75, 3.05) is 14.1 Å². The second-order valence-electron chi connectivity index (χ2n) is 6.90. The van der Waals surface area contributed by atoms with Crippen molar-refractivity contribution in [3.8, 4) is 5.69 Å². The Bertz CT molecular complexity index is 860. The highest BCUT2D eigenvalue weighted by Crippen LogP contribution is 2.12. The molecular weight excluding hydrogens is 336 g/mol. The average Bonchev–Trinajstić information content (AvgIpc) is 3.16. The first kappa shape index (κ1) is 18.9. The molecule has 0 radical (unpaired) electrons. The molecule has 1 unspecified atom stereocenters. The van der Waals surface area contributed by atoms with Crippen LogP contribution in [0.4, 0.5) is 0 Å². The summed E-state index contributed by atoms with van der Waals surface area (Å²) in [5.74, 6) is 0.108.